The number of anilines is 2. The molecule has 6 aromatic carbocycles. The fourth-order valence-electron chi connectivity index (χ4n) is 15.3. The third kappa shape index (κ3) is 21.9. The van der Waals surface area contributed by atoms with Gasteiger partial charge in [-0.15, -0.1) is 0 Å². The minimum atomic E-state index is -4.38. The van der Waals surface area contributed by atoms with Crippen molar-refractivity contribution in [2.75, 3.05) is 124 Å². The molecule has 6 N–H and O–H groups in total. The predicted molar refractivity (Wildman–Crippen MR) is 410 cm³/mol. The molecule has 32 heteroatoms. The molecular weight excluding hydrogens is 1500 g/mol. The first-order valence-corrected chi connectivity index (χ1v) is 43.8. The van der Waals surface area contributed by atoms with Gasteiger partial charge < -0.3 is 67.7 Å². The topological polar surface area (TPSA) is 418 Å². The maximum absolute atomic E-state index is 12.6. The van der Waals surface area contributed by atoms with Crippen LogP contribution in [0, 0.1) is 0 Å². The zero-order valence-electron chi connectivity index (χ0n) is 62.9. The molecule has 12 rings (SSSR count). The van der Waals surface area contributed by atoms with Crippen molar-refractivity contribution >= 4 is 86.9 Å². The highest BCUT2D eigenvalue weighted by atomic mass is 32.2. The van der Waals surface area contributed by atoms with Gasteiger partial charge in [0.05, 0.1) is 114 Å². The molecule has 28 nitrogen and oxygen atoms in total. The van der Waals surface area contributed by atoms with E-state index in [0.717, 1.165) is 76.1 Å². The molecule has 596 valence electrons. The van der Waals surface area contributed by atoms with Crippen LogP contribution in [0.1, 0.15) is 179 Å². The number of carboxylic acids is 4. The summed E-state index contributed by atoms with van der Waals surface area (Å²) in [4.78, 5) is 56.3. The highest BCUT2D eigenvalue weighted by molar-refractivity contribution is 7.86. The SMILES string of the molecule is CC[NH+](CC)CC.CC[NH+](CC)CC.O=C(O)c1ccc(C(=O)O)c(C2=c3cc4c(cc3Oc3cc5c(cc32)CCCN5CCCS(=O)(=O)[O-])=[N+](CCCS(=O)(=O)[O-])CCC4)c1.O=C(O)c1ccc(C2=c3cc4c(cc3Oc3cc5c(cc32)CCCN5CCCS(=O)(=O)[O-])=[N+](CCCS(=O)(=O)[O-])CCC4)c(C(=O)O)c1. The number of rotatable bonds is 28. The number of nitrogens with one attached hydrogen (secondary N) is 2. The summed E-state index contributed by atoms with van der Waals surface area (Å²) >= 11 is 0. The first kappa shape index (κ1) is 85.3. The molecule has 0 bridgehead atoms. The molecule has 6 aliphatic heterocycles. The van der Waals surface area contributed by atoms with Crippen LogP contribution in [0.2, 0.25) is 0 Å². The molecule has 0 saturated heterocycles. The number of nitrogens with zero attached hydrogens (tertiary/aromatic N) is 4. The molecule has 6 aromatic rings. The number of hydrogen-bond acceptors (Lipinski definition) is 20. The summed E-state index contributed by atoms with van der Waals surface area (Å²) in [5.74, 6) is -5.38. The summed E-state index contributed by atoms with van der Waals surface area (Å²) in [6.07, 6.45) is 6.39. The number of ether oxygens (including phenoxy) is 2. The number of aromatic carboxylic acids is 4. The minimum Gasteiger partial charge on any atom is -0.748 e. The lowest BCUT2D eigenvalue weighted by atomic mass is 9.85. The lowest BCUT2D eigenvalue weighted by Crippen LogP contribution is -3.11. The van der Waals surface area contributed by atoms with Crippen molar-refractivity contribution in [2.24, 2.45) is 0 Å². The van der Waals surface area contributed by atoms with E-state index in [0.29, 0.717) is 139 Å². The second-order valence-electron chi connectivity index (χ2n) is 28.0. The Morgan fingerprint density at radius 3 is 1.15 bits per heavy atom. The summed E-state index contributed by atoms with van der Waals surface area (Å²) in [5.41, 5.74) is 7.49. The minimum absolute atomic E-state index is 0.0907. The third-order valence-corrected chi connectivity index (χ3v) is 24.1. The first-order valence-electron chi connectivity index (χ1n) is 37.5. The Bertz CT molecular complexity index is 5240. The van der Waals surface area contributed by atoms with Crippen molar-refractivity contribution in [2.45, 2.75) is 119 Å². The van der Waals surface area contributed by atoms with Crippen molar-refractivity contribution in [3.05, 3.63) is 173 Å². The van der Waals surface area contributed by atoms with Crippen molar-refractivity contribution < 1.29 is 111 Å². The van der Waals surface area contributed by atoms with Crippen LogP contribution in [-0.2, 0) is 66.2 Å². The Labute approximate surface area is 641 Å². The number of quaternary nitrogens is 2. The standard InChI is InChI=1S/2C33H34N2O11S2.2C6H15N/c36-32(37)22-7-8-23(33(38)39)24(17-22)31-25-15-20-5-1-9-34(11-3-13-47(40,41)42)27(20)18-29(25)46-30-19-28-21(16-26(30)31)6-2-10-35(28)12-4-14-48(43,44)45;36-32(37)22-7-8-23(24(17-22)33(38)39)31-25-15-20-5-1-9-34(11-3-13-47(40,41)42)27(20)18-29(25)46-30-19-28-21(16-26(30)31)6-2-10-35(28)12-4-14-48(43,44)45;2*1-4-7(5-2)6-3/h2*7-8,15-19H,1-6,9-14H2,(H3-,36,37,38,39,40,41,42,43,44,45);2*4-6H2,1-3H3. The first-order chi connectivity index (χ1) is 52.1. The summed E-state index contributed by atoms with van der Waals surface area (Å²) < 4.78 is 152. The van der Waals surface area contributed by atoms with Crippen LogP contribution in [-0.4, -0.2) is 211 Å². The van der Waals surface area contributed by atoms with Gasteiger partial charge in [0.15, 0.2) is 0 Å². The number of benzene rings is 6. The third-order valence-electron chi connectivity index (χ3n) is 20.9. The average molecular weight is 1600 g/mol. The van der Waals surface area contributed by atoms with E-state index in [1.54, 1.807) is 9.80 Å². The molecule has 6 heterocycles. The van der Waals surface area contributed by atoms with Gasteiger partial charge in [-0.2, -0.15) is 0 Å². The maximum Gasteiger partial charge on any atom is 0.336 e. The summed E-state index contributed by atoms with van der Waals surface area (Å²) in [6.45, 7) is 24.8. The number of fused-ring (bicyclic) bond motifs is 8. The van der Waals surface area contributed by atoms with E-state index >= 15 is 0 Å². The predicted octanol–water partition coefficient (Wildman–Crippen LogP) is 2.86. The molecule has 110 heavy (non-hydrogen) atoms. The van der Waals surface area contributed by atoms with Gasteiger partial charge in [-0.3, -0.25) is 0 Å². The van der Waals surface area contributed by atoms with E-state index in [4.69, 9.17) is 9.47 Å². The van der Waals surface area contributed by atoms with Gasteiger partial charge in [0.1, 0.15) is 49.2 Å². The molecule has 0 atom stereocenters. The Morgan fingerprint density at radius 1 is 0.409 bits per heavy atom. The van der Waals surface area contributed by atoms with E-state index in [-0.39, 0.29) is 53.5 Å². The lowest BCUT2D eigenvalue weighted by molar-refractivity contribution is -0.894. The van der Waals surface area contributed by atoms with Crippen LogP contribution >= 0.6 is 0 Å². The van der Waals surface area contributed by atoms with Crippen molar-refractivity contribution in [3.63, 3.8) is 0 Å². The monoisotopic (exact) mass is 1600 g/mol. The lowest BCUT2D eigenvalue weighted by Gasteiger charge is -2.33. The smallest absolute Gasteiger partial charge is 0.336 e. The summed E-state index contributed by atoms with van der Waals surface area (Å²) in [6, 6.07) is 22.9. The molecule has 0 radical (unpaired) electrons. The molecule has 0 unspecified atom stereocenters. The van der Waals surface area contributed by atoms with Crippen LogP contribution in [0.4, 0.5) is 11.4 Å². The molecule has 0 fully saturated rings. The van der Waals surface area contributed by atoms with Crippen molar-refractivity contribution in [1.29, 1.82) is 0 Å². The van der Waals surface area contributed by atoms with Crippen LogP contribution < -0.4 is 59.4 Å². The number of carboxylic acid groups (broad SMARTS) is 4. The number of hydrogen-bond donors (Lipinski definition) is 6. The number of aryl methyl sites for hydroxylation is 4. The number of carbonyl (C=O) groups is 4. The Kier molecular flexibility index (Phi) is 28.8. The van der Waals surface area contributed by atoms with E-state index in [2.05, 4.69) is 41.5 Å². The van der Waals surface area contributed by atoms with Gasteiger partial charge >= 0.3 is 23.9 Å². The Balaban J connectivity index is 0.000000215. The average Bonchev–Trinajstić information content (AvgIpc) is 0.734. The van der Waals surface area contributed by atoms with Gasteiger partial charge in [0, 0.05) is 142 Å². The zero-order chi connectivity index (χ0) is 80.2. The van der Waals surface area contributed by atoms with Gasteiger partial charge in [-0.1, -0.05) is 6.07 Å². The Morgan fingerprint density at radius 2 is 0.782 bits per heavy atom. The van der Waals surface area contributed by atoms with Crippen molar-refractivity contribution in [1.82, 2.24) is 9.15 Å². The van der Waals surface area contributed by atoms with Crippen molar-refractivity contribution in [3.8, 4) is 23.0 Å². The molecule has 0 spiro atoms. The fraction of sp³-hybridized carbons (Fsp3) is 0.462. The van der Waals surface area contributed by atoms with Gasteiger partial charge in [-0.05, 0) is 170 Å². The second-order valence-corrected chi connectivity index (χ2v) is 34.1. The van der Waals surface area contributed by atoms with E-state index in [9.17, 15) is 91.5 Å². The van der Waals surface area contributed by atoms with E-state index in [1.807, 2.05) is 67.5 Å². The van der Waals surface area contributed by atoms with Crippen LogP contribution in [0.25, 0.3) is 11.1 Å². The molecule has 0 aromatic heterocycles. The molecule has 0 saturated carbocycles. The van der Waals surface area contributed by atoms with E-state index in [1.165, 1.54) is 69.6 Å². The highest BCUT2D eigenvalue weighted by Crippen LogP contribution is 2.45. The van der Waals surface area contributed by atoms with Gasteiger partial charge in [-0.25, -0.2) is 62.0 Å². The van der Waals surface area contributed by atoms with E-state index < -0.39 is 87.4 Å². The van der Waals surface area contributed by atoms with Gasteiger partial charge in [0.2, 0.25) is 10.7 Å². The fourth-order valence-corrected chi connectivity index (χ4v) is 17.2. The highest BCUT2D eigenvalue weighted by Gasteiger charge is 2.34. The zero-order valence-corrected chi connectivity index (χ0v) is 66.1. The normalized spacial score (nSPS) is 14.9. The molecule has 0 amide bonds. The maximum atomic E-state index is 12.6. The molecule has 0 aliphatic carbocycles. The molecule has 6 aliphatic rings. The van der Waals surface area contributed by atoms with Crippen LogP contribution in [0.5, 0.6) is 23.0 Å². The van der Waals surface area contributed by atoms with Crippen LogP contribution in [0.15, 0.2) is 84.9 Å². The largest absolute Gasteiger partial charge is 0.748 e. The molecular formula is C78H98N6O22S4. The Hall–Kier alpha value is -8.70. The van der Waals surface area contributed by atoms with Gasteiger partial charge in [0.25, 0.3) is 0 Å². The summed E-state index contributed by atoms with van der Waals surface area (Å²) in [7, 11) is -17.5. The van der Waals surface area contributed by atoms with Crippen LogP contribution in [0.3, 0.4) is 0 Å². The summed E-state index contributed by atoms with van der Waals surface area (Å²) in [5, 5.41) is 42.7. The second kappa shape index (κ2) is 37.1. The quantitative estimate of drug-likeness (QED) is 0.0303.